The van der Waals surface area contributed by atoms with Crippen LogP contribution in [0.25, 0.3) is 0 Å². The van der Waals surface area contributed by atoms with Gasteiger partial charge in [0, 0.05) is 7.05 Å². The molecular formula is C6H8ClN3O2. The number of halogens is 1. The molecule has 12 heavy (non-hydrogen) atoms. The van der Waals surface area contributed by atoms with Crippen molar-refractivity contribution >= 4 is 23.4 Å². The third-order valence-electron chi connectivity index (χ3n) is 1.39. The van der Waals surface area contributed by atoms with Crippen LogP contribution in [0.1, 0.15) is 10.5 Å². The van der Waals surface area contributed by atoms with E-state index in [-0.39, 0.29) is 16.5 Å². The van der Waals surface area contributed by atoms with Crippen LogP contribution in [0.2, 0.25) is 5.02 Å². The monoisotopic (exact) mass is 189 g/mol. The molecule has 0 radical (unpaired) electrons. The number of aryl methyl sites for hydroxylation is 1. The fraction of sp³-hybridized carbons (Fsp3) is 0.333. The van der Waals surface area contributed by atoms with Crippen molar-refractivity contribution in [3.63, 3.8) is 0 Å². The van der Waals surface area contributed by atoms with E-state index in [4.69, 9.17) is 17.3 Å². The second-order valence-electron chi connectivity index (χ2n) is 2.16. The Morgan fingerprint density at radius 3 is 2.67 bits per heavy atom. The van der Waals surface area contributed by atoms with Gasteiger partial charge < -0.3 is 10.5 Å². The second-order valence-corrected chi connectivity index (χ2v) is 2.54. The molecule has 0 amide bonds. The van der Waals surface area contributed by atoms with Gasteiger partial charge in [-0.05, 0) is 0 Å². The van der Waals surface area contributed by atoms with E-state index >= 15 is 0 Å². The summed E-state index contributed by atoms with van der Waals surface area (Å²) in [5.74, 6) is -0.425. The van der Waals surface area contributed by atoms with Crippen LogP contribution in [-0.2, 0) is 11.8 Å². The molecule has 0 aliphatic carbocycles. The first-order chi connectivity index (χ1) is 5.57. The molecule has 66 valence electrons. The lowest BCUT2D eigenvalue weighted by Crippen LogP contribution is -2.08. The smallest absolute Gasteiger partial charge is 0.357 e. The van der Waals surface area contributed by atoms with Crippen molar-refractivity contribution in [3.8, 4) is 0 Å². The van der Waals surface area contributed by atoms with Gasteiger partial charge in [0.2, 0.25) is 0 Å². The number of anilines is 1. The van der Waals surface area contributed by atoms with Gasteiger partial charge in [0.05, 0.1) is 7.11 Å². The average Bonchev–Trinajstić information content (AvgIpc) is 2.26. The fourth-order valence-electron chi connectivity index (χ4n) is 0.837. The Kier molecular flexibility index (Phi) is 2.23. The van der Waals surface area contributed by atoms with E-state index in [0.717, 1.165) is 0 Å². The molecule has 1 rings (SSSR count). The Morgan fingerprint density at radius 2 is 2.33 bits per heavy atom. The largest absolute Gasteiger partial charge is 0.464 e. The zero-order valence-corrected chi connectivity index (χ0v) is 7.42. The van der Waals surface area contributed by atoms with Gasteiger partial charge in [0.25, 0.3) is 0 Å². The molecule has 0 aromatic carbocycles. The van der Waals surface area contributed by atoms with Gasteiger partial charge in [-0.1, -0.05) is 11.6 Å². The number of carbonyl (C=O) groups excluding carboxylic acids is 1. The molecule has 0 atom stereocenters. The van der Waals surface area contributed by atoms with Crippen molar-refractivity contribution in [2.24, 2.45) is 7.05 Å². The maximum Gasteiger partial charge on any atom is 0.357 e. The number of rotatable bonds is 1. The predicted molar refractivity (Wildman–Crippen MR) is 44.0 cm³/mol. The van der Waals surface area contributed by atoms with Gasteiger partial charge in [0.1, 0.15) is 5.02 Å². The number of hydrogen-bond donors (Lipinski definition) is 1. The SMILES string of the molecule is COC(=O)c1c(Cl)c(N)nn1C. The number of carbonyl (C=O) groups is 1. The van der Waals surface area contributed by atoms with Gasteiger partial charge in [-0.15, -0.1) is 0 Å². The van der Waals surface area contributed by atoms with Crippen LogP contribution >= 0.6 is 11.6 Å². The summed E-state index contributed by atoms with van der Waals surface area (Å²) >= 11 is 5.68. The molecule has 0 spiro atoms. The Labute approximate surface area is 74.1 Å². The third kappa shape index (κ3) is 1.23. The molecule has 0 aliphatic rings. The summed E-state index contributed by atoms with van der Waals surface area (Å²) in [5, 5.41) is 3.87. The number of nitrogen functional groups attached to an aromatic ring is 1. The summed E-state index contributed by atoms with van der Waals surface area (Å²) < 4.78 is 5.75. The van der Waals surface area contributed by atoms with Gasteiger partial charge in [0.15, 0.2) is 11.5 Å². The van der Waals surface area contributed by atoms with E-state index in [1.807, 2.05) is 0 Å². The highest BCUT2D eigenvalue weighted by Gasteiger charge is 2.19. The molecule has 5 nitrogen and oxygen atoms in total. The van der Waals surface area contributed by atoms with Crippen LogP contribution in [0.5, 0.6) is 0 Å². The molecule has 1 heterocycles. The van der Waals surface area contributed by atoms with E-state index in [1.165, 1.54) is 11.8 Å². The summed E-state index contributed by atoms with van der Waals surface area (Å²) in [6, 6.07) is 0. The number of nitrogens with zero attached hydrogens (tertiary/aromatic N) is 2. The number of esters is 1. The van der Waals surface area contributed by atoms with Crippen LogP contribution in [0.15, 0.2) is 0 Å². The molecule has 0 aliphatic heterocycles. The zero-order chi connectivity index (χ0) is 9.30. The maximum atomic E-state index is 11.0. The number of hydrogen-bond acceptors (Lipinski definition) is 4. The number of ether oxygens (including phenoxy) is 1. The number of nitrogens with two attached hydrogens (primary N) is 1. The lowest BCUT2D eigenvalue weighted by molar-refractivity contribution is 0.0588. The van der Waals surface area contributed by atoms with Crippen LogP contribution in [0, 0.1) is 0 Å². The summed E-state index contributed by atoms with van der Waals surface area (Å²) in [5.41, 5.74) is 5.53. The Morgan fingerprint density at radius 1 is 1.75 bits per heavy atom. The van der Waals surface area contributed by atoms with E-state index in [1.54, 1.807) is 7.05 Å². The molecular weight excluding hydrogens is 182 g/mol. The second kappa shape index (κ2) is 3.02. The molecule has 6 heteroatoms. The standard InChI is InChI=1S/C6H8ClN3O2/c1-10-4(6(11)12-2)3(7)5(8)9-10/h1-2H3,(H2,8,9). The highest BCUT2D eigenvalue weighted by Crippen LogP contribution is 2.22. The van der Waals surface area contributed by atoms with Crippen LogP contribution in [-0.4, -0.2) is 22.9 Å². The van der Waals surface area contributed by atoms with E-state index < -0.39 is 5.97 Å². The molecule has 0 unspecified atom stereocenters. The van der Waals surface area contributed by atoms with Gasteiger partial charge in [-0.3, -0.25) is 4.68 Å². The third-order valence-corrected chi connectivity index (χ3v) is 1.77. The van der Waals surface area contributed by atoms with E-state index in [0.29, 0.717) is 0 Å². The van der Waals surface area contributed by atoms with Crippen molar-refractivity contribution in [2.75, 3.05) is 12.8 Å². The van der Waals surface area contributed by atoms with Gasteiger partial charge in [-0.2, -0.15) is 5.10 Å². The zero-order valence-electron chi connectivity index (χ0n) is 6.67. The van der Waals surface area contributed by atoms with Crippen LogP contribution < -0.4 is 5.73 Å². The minimum absolute atomic E-state index is 0.125. The first-order valence-electron chi connectivity index (χ1n) is 3.14. The maximum absolute atomic E-state index is 11.0. The quantitative estimate of drug-likeness (QED) is 0.651. The minimum atomic E-state index is -0.549. The normalized spacial score (nSPS) is 9.92. The molecule has 1 aromatic heterocycles. The van der Waals surface area contributed by atoms with Crippen molar-refractivity contribution in [3.05, 3.63) is 10.7 Å². The fourth-order valence-corrected chi connectivity index (χ4v) is 1.07. The summed E-state index contributed by atoms with van der Waals surface area (Å²) in [7, 11) is 2.83. The predicted octanol–water partition coefficient (Wildman–Crippen LogP) is 0.442. The lowest BCUT2D eigenvalue weighted by atomic mass is 10.4. The molecule has 0 fully saturated rings. The number of aromatic nitrogens is 2. The van der Waals surface area contributed by atoms with Crippen molar-refractivity contribution in [1.29, 1.82) is 0 Å². The summed E-state index contributed by atoms with van der Waals surface area (Å²) in [4.78, 5) is 11.0. The van der Waals surface area contributed by atoms with E-state index in [9.17, 15) is 4.79 Å². The van der Waals surface area contributed by atoms with Crippen molar-refractivity contribution < 1.29 is 9.53 Å². The Hall–Kier alpha value is -1.23. The summed E-state index contributed by atoms with van der Waals surface area (Å²) in [6.45, 7) is 0. The minimum Gasteiger partial charge on any atom is -0.464 e. The first kappa shape index (κ1) is 8.86. The average molecular weight is 190 g/mol. The molecule has 2 N–H and O–H groups in total. The molecule has 0 bridgehead atoms. The molecule has 1 aromatic rings. The highest BCUT2D eigenvalue weighted by molar-refractivity contribution is 6.35. The first-order valence-corrected chi connectivity index (χ1v) is 3.52. The summed E-state index contributed by atoms with van der Waals surface area (Å²) in [6.07, 6.45) is 0. The lowest BCUT2D eigenvalue weighted by Gasteiger charge is -1.98. The topological polar surface area (TPSA) is 70.1 Å². The molecule has 0 saturated carbocycles. The van der Waals surface area contributed by atoms with Crippen LogP contribution in [0.3, 0.4) is 0 Å². The van der Waals surface area contributed by atoms with Gasteiger partial charge >= 0.3 is 5.97 Å². The highest BCUT2D eigenvalue weighted by atomic mass is 35.5. The molecule has 0 saturated heterocycles. The Balaban J connectivity index is 3.22. The number of methoxy groups -OCH3 is 1. The van der Waals surface area contributed by atoms with Gasteiger partial charge in [-0.25, -0.2) is 4.79 Å². The van der Waals surface area contributed by atoms with Crippen molar-refractivity contribution in [2.45, 2.75) is 0 Å². The van der Waals surface area contributed by atoms with Crippen LogP contribution in [0.4, 0.5) is 5.82 Å². The Bertz CT molecular complexity index is 321. The van der Waals surface area contributed by atoms with E-state index in [2.05, 4.69) is 9.84 Å². The van der Waals surface area contributed by atoms with Crippen molar-refractivity contribution in [1.82, 2.24) is 9.78 Å².